The second-order valence-corrected chi connectivity index (χ2v) is 4.88. The Balaban J connectivity index is 1.95. The van der Waals surface area contributed by atoms with Crippen LogP contribution in [0.15, 0.2) is 12.1 Å². The first-order valence-corrected chi connectivity index (χ1v) is 6.58. The van der Waals surface area contributed by atoms with Crippen LogP contribution in [-0.2, 0) is 11.3 Å². The number of aryl methyl sites for hydroxylation is 1. The van der Waals surface area contributed by atoms with E-state index in [1.54, 1.807) is 0 Å². The molecule has 2 unspecified atom stereocenters. The number of nitrogens with zero attached hydrogens (tertiary/aromatic N) is 1. The molecule has 4 nitrogen and oxygen atoms in total. The molecule has 1 aliphatic rings. The topological polar surface area (TPSA) is 43.4 Å². The Labute approximate surface area is 109 Å². The number of nitrogens with one attached hydrogen (secondary N) is 1. The van der Waals surface area contributed by atoms with Crippen LogP contribution < -0.4 is 10.1 Å². The molecule has 100 valence electrons. The highest BCUT2D eigenvalue weighted by atomic mass is 16.5. The molecule has 0 radical (unpaired) electrons. The number of pyridine rings is 1. The van der Waals surface area contributed by atoms with Gasteiger partial charge in [-0.05, 0) is 45.9 Å². The summed E-state index contributed by atoms with van der Waals surface area (Å²) in [6.07, 6.45) is 2.81. The van der Waals surface area contributed by atoms with Crippen LogP contribution in [0, 0.1) is 6.92 Å². The highest BCUT2D eigenvalue weighted by Crippen LogP contribution is 2.22. The van der Waals surface area contributed by atoms with E-state index in [1.807, 2.05) is 26.1 Å². The van der Waals surface area contributed by atoms with Crippen molar-refractivity contribution in [2.24, 2.45) is 0 Å². The van der Waals surface area contributed by atoms with Gasteiger partial charge in [-0.15, -0.1) is 0 Å². The first-order valence-electron chi connectivity index (χ1n) is 6.58. The smallest absolute Gasteiger partial charge is 0.142 e. The van der Waals surface area contributed by atoms with Crippen LogP contribution in [0.1, 0.15) is 31.2 Å². The van der Waals surface area contributed by atoms with Gasteiger partial charge in [0.05, 0.1) is 17.9 Å². The number of hydrogen-bond donors (Lipinski definition) is 1. The zero-order valence-corrected chi connectivity index (χ0v) is 11.4. The summed E-state index contributed by atoms with van der Waals surface area (Å²) in [4.78, 5) is 4.49. The van der Waals surface area contributed by atoms with Gasteiger partial charge in [0.2, 0.25) is 0 Å². The van der Waals surface area contributed by atoms with Crippen molar-refractivity contribution in [1.82, 2.24) is 10.3 Å². The summed E-state index contributed by atoms with van der Waals surface area (Å²) < 4.78 is 11.6. The zero-order valence-electron chi connectivity index (χ0n) is 11.4. The summed E-state index contributed by atoms with van der Waals surface area (Å²) >= 11 is 0. The third-order valence-corrected chi connectivity index (χ3v) is 3.16. The third-order valence-electron chi connectivity index (χ3n) is 3.16. The molecule has 0 bridgehead atoms. The van der Waals surface area contributed by atoms with Gasteiger partial charge in [-0.2, -0.15) is 0 Å². The zero-order chi connectivity index (χ0) is 13.0. The molecule has 0 spiro atoms. The fourth-order valence-corrected chi connectivity index (χ4v) is 2.21. The summed E-state index contributed by atoms with van der Waals surface area (Å²) in [5, 5.41) is 3.11. The number of rotatable bonds is 5. The van der Waals surface area contributed by atoms with Crippen LogP contribution in [-0.4, -0.2) is 30.8 Å². The predicted octanol–water partition coefficient (Wildman–Crippen LogP) is 2.06. The van der Waals surface area contributed by atoms with Crippen molar-refractivity contribution >= 4 is 0 Å². The molecule has 0 amide bonds. The Bertz CT molecular complexity index is 395. The van der Waals surface area contributed by atoms with Crippen LogP contribution in [0.5, 0.6) is 5.75 Å². The lowest BCUT2D eigenvalue weighted by Crippen LogP contribution is -2.19. The van der Waals surface area contributed by atoms with Gasteiger partial charge in [0.25, 0.3) is 0 Å². The molecule has 2 rings (SSSR count). The van der Waals surface area contributed by atoms with E-state index in [0.29, 0.717) is 12.7 Å². The predicted molar refractivity (Wildman–Crippen MR) is 70.8 cm³/mol. The molecule has 1 N–H and O–H groups in total. The van der Waals surface area contributed by atoms with Crippen molar-refractivity contribution in [2.75, 3.05) is 13.7 Å². The lowest BCUT2D eigenvalue weighted by molar-refractivity contribution is 0.0261. The molecule has 2 atom stereocenters. The van der Waals surface area contributed by atoms with E-state index in [-0.39, 0.29) is 6.10 Å². The van der Waals surface area contributed by atoms with E-state index in [2.05, 4.69) is 17.2 Å². The Morgan fingerprint density at radius 1 is 1.44 bits per heavy atom. The number of hydrogen-bond acceptors (Lipinski definition) is 4. The average Bonchev–Trinajstić information content (AvgIpc) is 2.75. The Hall–Kier alpha value is -1.13. The van der Waals surface area contributed by atoms with Crippen molar-refractivity contribution in [3.05, 3.63) is 23.5 Å². The maximum atomic E-state index is 5.85. The van der Waals surface area contributed by atoms with Crippen LogP contribution in [0.3, 0.4) is 0 Å². The van der Waals surface area contributed by atoms with Gasteiger partial charge in [-0.25, -0.2) is 0 Å². The third kappa shape index (κ3) is 3.43. The quantitative estimate of drug-likeness (QED) is 0.868. The standard InChI is InChI=1S/C14H22N2O2/c1-10-4-7-14(13(16-10)8-15-3)17-9-12-6-5-11(2)18-12/h4,7,11-12,15H,5-6,8-9H2,1-3H3. The molecular formula is C14H22N2O2. The van der Waals surface area contributed by atoms with E-state index < -0.39 is 0 Å². The molecule has 0 aromatic carbocycles. The summed E-state index contributed by atoms with van der Waals surface area (Å²) in [6, 6.07) is 3.97. The fraction of sp³-hybridized carbons (Fsp3) is 0.643. The van der Waals surface area contributed by atoms with Gasteiger partial charge in [0.15, 0.2) is 0 Å². The number of aromatic nitrogens is 1. The first kappa shape index (κ1) is 13.3. The highest BCUT2D eigenvalue weighted by molar-refractivity contribution is 5.29. The van der Waals surface area contributed by atoms with Gasteiger partial charge in [0, 0.05) is 12.2 Å². The van der Waals surface area contributed by atoms with Crippen LogP contribution in [0.2, 0.25) is 0 Å². The van der Waals surface area contributed by atoms with Crippen molar-refractivity contribution in [1.29, 1.82) is 0 Å². The van der Waals surface area contributed by atoms with Crippen LogP contribution in [0.4, 0.5) is 0 Å². The van der Waals surface area contributed by atoms with E-state index in [1.165, 1.54) is 0 Å². The minimum atomic E-state index is 0.226. The monoisotopic (exact) mass is 250 g/mol. The van der Waals surface area contributed by atoms with E-state index >= 15 is 0 Å². The van der Waals surface area contributed by atoms with Crippen molar-refractivity contribution in [3.63, 3.8) is 0 Å². The van der Waals surface area contributed by atoms with E-state index in [4.69, 9.17) is 9.47 Å². The second-order valence-electron chi connectivity index (χ2n) is 4.88. The molecule has 4 heteroatoms. The summed E-state index contributed by atoms with van der Waals surface area (Å²) in [6.45, 7) is 5.44. The molecule has 2 heterocycles. The largest absolute Gasteiger partial charge is 0.489 e. The fourth-order valence-electron chi connectivity index (χ4n) is 2.21. The SMILES string of the molecule is CNCc1nc(C)ccc1OCC1CCC(C)O1. The van der Waals surface area contributed by atoms with E-state index in [0.717, 1.165) is 36.5 Å². The Morgan fingerprint density at radius 3 is 2.94 bits per heavy atom. The molecule has 18 heavy (non-hydrogen) atoms. The maximum Gasteiger partial charge on any atom is 0.142 e. The Kier molecular flexibility index (Phi) is 4.55. The van der Waals surface area contributed by atoms with Crippen LogP contribution in [0.25, 0.3) is 0 Å². The van der Waals surface area contributed by atoms with Crippen molar-refractivity contribution in [2.45, 2.75) is 45.4 Å². The van der Waals surface area contributed by atoms with Crippen molar-refractivity contribution in [3.8, 4) is 5.75 Å². The average molecular weight is 250 g/mol. The van der Waals surface area contributed by atoms with E-state index in [9.17, 15) is 0 Å². The molecule has 1 aromatic heterocycles. The second kappa shape index (κ2) is 6.16. The molecule has 1 aromatic rings. The highest BCUT2D eigenvalue weighted by Gasteiger charge is 2.22. The molecular weight excluding hydrogens is 228 g/mol. The summed E-state index contributed by atoms with van der Waals surface area (Å²) in [5.74, 6) is 0.859. The number of ether oxygens (including phenoxy) is 2. The minimum Gasteiger partial charge on any atom is -0.489 e. The van der Waals surface area contributed by atoms with Gasteiger partial charge >= 0.3 is 0 Å². The molecule has 1 saturated heterocycles. The maximum absolute atomic E-state index is 5.85. The van der Waals surface area contributed by atoms with Gasteiger partial charge in [-0.1, -0.05) is 0 Å². The molecule has 0 aliphatic carbocycles. The van der Waals surface area contributed by atoms with Crippen molar-refractivity contribution < 1.29 is 9.47 Å². The Morgan fingerprint density at radius 2 is 2.28 bits per heavy atom. The molecule has 1 fully saturated rings. The van der Waals surface area contributed by atoms with Gasteiger partial charge < -0.3 is 14.8 Å². The lowest BCUT2D eigenvalue weighted by atomic mass is 10.2. The summed E-state index contributed by atoms with van der Waals surface area (Å²) in [7, 11) is 1.91. The minimum absolute atomic E-state index is 0.226. The normalized spacial score (nSPS) is 23.3. The van der Waals surface area contributed by atoms with Crippen LogP contribution >= 0.6 is 0 Å². The summed E-state index contributed by atoms with van der Waals surface area (Å²) in [5.41, 5.74) is 1.97. The lowest BCUT2D eigenvalue weighted by Gasteiger charge is -2.15. The van der Waals surface area contributed by atoms with Gasteiger partial charge in [-0.3, -0.25) is 4.98 Å². The first-order chi connectivity index (χ1) is 8.69. The van der Waals surface area contributed by atoms with Gasteiger partial charge in [0.1, 0.15) is 12.4 Å². The molecule has 0 saturated carbocycles. The molecule has 1 aliphatic heterocycles.